The van der Waals surface area contributed by atoms with Crippen LogP contribution in [0.3, 0.4) is 0 Å². The molecule has 0 fully saturated rings. The number of aromatic nitrogens is 2. The summed E-state index contributed by atoms with van der Waals surface area (Å²) in [6, 6.07) is 18.0. The summed E-state index contributed by atoms with van der Waals surface area (Å²) in [6.45, 7) is -0.195. The number of hydrogen-bond acceptors (Lipinski definition) is 8. The Labute approximate surface area is 243 Å². The number of carbonyl (C=O) groups excluding carboxylic acids is 1. The van der Waals surface area contributed by atoms with E-state index in [-0.39, 0.29) is 18.0 Å². The van der Waals surface area contributed by atoms with E-state index in [1.807, 2.05) is 36.4 Å². The van der Waals surface area contributed by atoms with Crippen LogP contribution in [0.15, 0.2) is 75.0 Å². The van der Waals surface area contributed by atoms with Crippen molar-refractivity contribution >= 4 is 79.2 Å². The molecule has 11 heteroatoms. The monoisotopic (exact) mass is 735 g/mol. The molecule has 0 spiro atoms. The lowest BCUT2D eigenvalue weighted by Crippen LogP contribution is -2.20. The first kappa shape index (κ1) is 26.2. The summed E-state index contributed by atoms with van der Waals surface area (Å²) in [5, 5.41) is 5.71. The summed E-state index contributed by atoms with van der Waals surface area (Å²) in [5.41, 5.74) is 1.52. The van der Waals surface area contributed by atoms with Crippen LogP contribution >= 0.6 is 45.2 Å². The van der Waals surface area contributed by atoms with E-state index >= 15 is 0 Å². The van der Waals surface area contributed by atoms with Crippen molar-refractivity contribution in [3.05, 3.63) is 83.7 Å². The second-order valence-corrected chi connectivity index (χ2v) is 10.3. The molecule has 192 valence electrons. The molecule has 0 saturated heterocycles. The molecule has 0 N–H and O–H groups in total. The van der Waals surface area contributed by atoms with Gasteiger partial charge in [-0.05, 0) is 93.2 Å². The van der Waals surface area contributed by atoms with Crippen LogP contribution in [0.5, 0.6) is 11.5 Å². The number of fused-ring (bicyclic) bond motifs is 2. The molecule has 0 atom stereocenters. The third-order valence-corrected chi connectivity index (χ3v) is 7.22. The average molecular weight is 735 g/mol. The Bertz CT molecular complexity index is 1750. The van der Waals surface area contributed by atoms with Gasteiger partial charge in [-0.2, -0.15) is 9.78 Å². The predicted octanol–water partition coefficient (Wildman–Crippen LogP) is 5.46. The Morgan fingerprint density at radius 3 is 2.55 bits per heavy atom. The van der Waals surface area contributed by atoms with E-state index < -0.39 is 5.97 Å². The van der Waals surface area contributed by atoms with E-state index in [0.717, 1.165) is 18.1 Å². The summed E-state index contributed by atoms with van der Waals surface area (Å²) in [4.78, 5) is 29.7. The minimum atomic E-state index is -0.471. The normalized spacial score (nSPS) is 11.4. The highest BCUT2D eigenvalue weighted by Gasteiger charge is 2.18. The maximum absolute atomic E-state index is 13.5. The van der Waals surface area contributed by atoms with Gasteiger partial charge in [0.1, 0.15) is 17.1 Å². The molecule has 38 heavy (non-hydrogen) atoms. The number of hydrogen-bond donors (Lipinski definition) is 0. The minimum Gasteiger partial charge on any atom is -0.496 e. The van der Waals surface area contributed by atoms with E-state index in [4.69, 9.17) is 18.9 Å². The van der Waals surface area contributed by atoms with Crippen LogP contribution in [0, 0.1) is 7.14 Å². The molecular formula is C27H19I2N3O6. The molecule has 0 aliphatic heterocycles. The average Bonchev–Trinajstić information content (AvgIpc) is 3.36. The Hall–Kier alpha value is -3.46. The zero-order valence-electron chi connectivity index (χ0n) is 20.1. The van der Waals surface area contributed by atoms with Gasteiger partial charge in [-0.3, -0.25) is 4.79 Å². The molecule has 2 aromatic heterocycles. The Morgan fingerprint density at radius 1 is 1.05 bits per heavy atom. The van der Waals surface area contributed by atoms with E-state index in [1.54, 1.807) is 37.6 Å². The van der Waals surface area contributed by atoms with Gasteiger partial charge in [0.25, 0.3) is 5.56 Å². The van der Waals surface area contributed by atoms with Gasteiger partial charge in [-0.25, -0.2) is 9.78 Å². The van der Waals surface area contributed by atoms with Gasteiger partial charge in [-0.1, -0.05) is 18.2 Å². The van der Waals surface area contributed by atoms with Gasteiger partial charge < -0.3 is 18.6 Å². The fraction of sp³-hybridized carbons (Fsp3) is 0.111. The number of furan rings is 1. The van der Waals surface area contributed by atoms with E-state index in [1.165, 1.54) is 11.8 Å². The highest BCUT2D eigenvalue weighted by molar-refractivity contribution is 14.1. The van der Waals surface area contributed by atoms with Crippen molar-refractivity contribution in [2.75, 3.05) is 20.8 Å². The molecule has 0 aliphatic carbocycles. The Balaban J connectivity index is 1.61. The standard InChI is InChI=1S/C27H19I2N3O6/c1-35-21-8-5-9-22-17(21)12-23(38-22)26-31-20-7-4-3-6-16(20)27(34)32(26)30-13-15-10-18(28)25(19(29)11-15)37-14-24(33)36-2/h3-13H,14H2,1-2H3. The molecular weight excluding hydrogens is 716 g/mol. The van der Waals surface area contributed by atoms with E-state index in [2.05, 4.69) is 55.0 Å². The maximum Gasteiger partial charge on any atom is 0.343 e. The van der Waals surface area contributed by atoms with Gasteiger partial charge >= 0.3 is 5.97 Å². The molecule has 5 rings (SSSR count). The first-order chi connectivity index (χ1) is 18.4. The number of nitrogens with zero attached hydrogens (tertiary/aromatic N) is 3. The third kappa shape index (κ3) is 5.12. The number of halogens is 2. The molecule has 0 unspecified atom stereocenters. The van der Waals surface area contributed by atoms with Gasteiger partial charge in [0.2, 0.25) is 5.82 Å². The Morgan fingerprint density at radius 2 is 1.82 bits per heavy atom. The van der Waals surface area contributed by atoms with Gasteiger partial charge in [-0.15, -0.1) is 0 Å². The number of ether oxygens (including phenoxy) is 3. The minimum absolute atomic E-state index is 0.195. The SMILES string of the molecule is COC(=O)COc1c(I)cc(C=Nn2c(-c3cc4c(OC)cccc4o3)nc3ccccc3c2=O)cc1I. The summed E-state index contributed by atoms with van der Waals surface area (Å²) in [5.74, 6) is 1.37. The zero-order chi connectivity index (χ0) is 26.8. The third-order valence-electron chi connectivity index (χ3n) is 5.62. The van der Waals surface area contributed by atoms with Gasteiger partial charge in [0.05, 0.1) is 43.9 Å². The predicted molar refractivity (Wildman–Crippen MR) is 160 cm³/mol. The number of para-hydroxylation sites is 1. The van der Waals surface area contributed by atoms with E-state index in [0.29, 0.717) is 33.7 Å². The van der Waals surface area contributed by atoms with Gasteiger partial charge in [0, 0.05) is 0 Å². The topological polar surface area (TPSA) is 105 Å². The molecule has 0 aliphatic rings. The molecule has 5 aromatic rings. The molecule has 0 radical (unpaired) electrons. The van der Waals surface area contributed by atoms with Gasteiger partial charge in [0.15, 0.2) is 12.4 Å². The lowest BCUT2D eigenvalue weighted by molar-refractivity contribution is -0.142. The summed E-state index contributed by atoms with van der Waals surface area (Å²) in [6.07, 6.45) is 1.57. The summed E-state index contributed by atoms with van der Waals surface area (Å²) < 4.78 is 24.6. The quantitative estimate of drug-likeness (QED) is 0.124. The van der Waals surface area contributed by atoms with Crippen LogP contribution in [0.2, 0.25) is 0 Å². The van der Waals surface area contributed by atoms with Crippen LogP contribution in [-0.4, -0.2) is 42.7 Å². The number of benzene rings is 3. The maximum atomic E-state index is 13.5. The lowest BCUT2D eigenvalue weighted by atomic mass is 10.2. The fourth-order valence-electron chi connectivity index (χ4n) is 3.82. The number of rotatable bonds is 7. The lowest BCUT2D eigenvalue weighted by Gasteiger charge is -2.10. The zero-order valence-corrected chi connectivity index (χ0v) is 24.4. The van der Waals surface area contributed by atoms with Crippen molar-refractivity contribution in [3.8, 4) is 23.1 Å². The molecule has 9 nitrogen and oxygen atoms in total. The Kier molecular flexibility index (Phi) is 7.65. The number of carbonyl (C=O) groups is 1. The van der Waals surface area contributed by atoms with Crippen molar-refractivity contribution in [1.29, 1.82) is 0 Å². The second-order valence-electron chi connectivity index (χ2n) is 7.98. The highest BCUT2D eigenvalue weighted by atomic mass is 127. The van der Waals surface area contributed by atoms with Crippen molar-refractivity contribution in [2.45, 2.75) is 0 Å². The second kappa shape index (κ2) is 11.1. The summed E-state index contributed by atoms with van der Waals surface area (Å²) in [7, 11) is 2.89. The van der Waals surface area contributed by atoms with Crippen LogP contribution in [0.1, 0.15) is 5.56 Å². The smallest absolute Gasteiger partial charge is 0.343 e. The fourth-order valence-corrected chi connectivity index (χ4v) is 5.95. The molecule has 3 aromatic carbocycles. The van der Waals surface area contributed by atoms with Crippen molar-refractivity contribution in [3.63, 3.8) is 0 Å². The highest BCUT2D eigenvalue weighted by Crippen LogP contribution is 2.33. The van der Waals surface area contributed by atoms with Crippen molar-refractivity contribution in [2.24, 2.45) is 5.10 Å². The van der Waals surface area contributed by atoms with Crippen molar-refractivity contribution in [1.82, 2.24) is 9.66 Å². The molecule has 0 amide bonds. The summed E-state index contributed by atoms with van der Waals surface area (Å²) >= 11 is 4.24. The number of esters is 1. The largest absolute Gasteiger partial charge is 0.496 e. The molecule has 0 bridgehead atoms. The van der Waals surface area contributed by atoms with Crippen molar-refractivity contribution < 1.29 is 23.4 Å². The first-order valence-electron chi connectivity index (χ1n) is 11.2. The van der Waals surface area contributed by atoms with Crippen LogP contribution in [0.4, 0.5) is 0 Å². The molecule has 2 heterocycles. The number of methoxy groups -OCH3 is 2. The van der Waals surface area contributed by atoms with Crippen LogP contribution in [0.25, 0.3) is 33.5 Å². The molecule has 0 saturated carbocycles. The van der Waals surface area contributed by atoms with E-state index in [9.17, 15) is 9.59 Å². The first-order valence-corrected chi connectivity index (χ1v) is 13.4. The van der Waals surface area contributed by atoms with Crippen LogP contribution < -0.4 is 15.0 Å². The van der Waals surface area contributed by atoms with Crippen LogP contribution in [-0.2, 0) is 9.53 Å².